The number of hydrogen-bond donors (Lipinski definition) is 7. The summed E-state index contributed by atoms with van der Waals surface area (Å²) in [4.78, 5) is 79.7. The van der Waals surface area contributed by atoms with Gasteiger partial charge in [0.15, 0.2) is 0 Å². The molecule has 16 heteroatoms. The molecule has 0 saturated carbocycles. The fraction of sp³-hybridized carbons (Fsp3) is 0.623. The molecule has 2 aromatic carbocycles. The van der Waals surface area contributed by atoms with E-state index in [0.29, 0.717) is 18.1 Å². The molecule has 3 aromatic rings. The summed E-state index contributed by atoms with van der Waals surface area (Å²) in [6.45, 7) is 16.8. The van der Waals surface area contributed by atoms with E-state index in [0.717, 1.165) is 100 Å². The van der Waals surface area contributed by atoms with E-state index in [4.69, 9.17) is 20.3 Å². The van der Waals surface area contributed by atoms with E-state index in [9.17, 15) is 33.9 Å². The highest BCUT2D eigenvalue weighted by Gasteiger charge is 2.36. The van der Waals surface area contributed by atoms with Crippen LogP contribution in [-0.4, -0.2) is 92.6 Å². The third-order valence-corrected chi connectivity index (χ3v) is 14.9. The van der Waals surface area contributed by atoms with Gasteiger partial charge in [-0.25, -0.2) is 0 Å². The second-order valence-electron chi connectivity index (χ2n) is 20.0. The van der Waals surface area contributed by atoms with Gasteiger partial charge in [0.25, 0.3) is 0 Å². The number of aromatic nitrogens is 1. The number of aliphatic carboxylic acids is 2. The lowest BCUT2D eigenvalue weighted by molar-refractivity contribution is -0.139. The van der Waals surface area contributed by atoms with Crippen molar-refractivity contribution in [3.05, 3.63) is 58.3 Å². The van der Waals surface area contributed by atoms with E-state index in [1.807, 2.05) is 51.2 Å². The summed E-state index contributed by atoms with van der Waals surface area (Å²) in [7, 11) is 0. The molecule has 0 radical (unpaired) electrons. The van der Waals surface area contributed by atoms with Crippen LogP contribution in [0.15, 0.2) is 30.5 Å². The summed E-state index contributed by atoms with van der Waals surface area (Å²) in [5.41, 5.74) is 10.6. The van der Waals surface area contributed by atoms with Crippen molar-refractivity contribution in [3.8, 4) is 11.5 Å². The maximum Gasteiger partial charge on any atom is 0.322 e. The first-order chi connectivity index (χ1) is 32.7. The summed E-state index contributed by atoms with van der Waals surface area (Å²) in [6.07, 6.45) is 14.0. The first-order valence-electron chi connectivity index (χ1n) is 24.9. The van der Waals surface area contributed by atoms with Crippen molar-refractivity contribution in [2.75, 3.05) is 18.8 Å². The Bertz CT molecular complexity index is 2230. The Morgan fingerprint density at radius 1 is 0.870 bits per heavy atom. The van der Waals surface area contributed by atoms with E-state index >= 15 is 0 Å². The van der Waals surface area contributed by atoms with Gasteiger partial charge in [0, 0.05) is 41.4 Å². The maximum absolute atomic E-state index is 14.0. The monoisotopic (exact) mass is 978 g/mol. The molecule has 6 atom stereocenters. The molecule has 4 unspecified atom stereocenters. The lowest BCUT2D eigenvalue weighted by Gasteiger charge is -2.38. The van der Waals surface area contributed by atoms with Gasteiger partial charge in [0.05, 0.1) is 11.7 Å². The van der Waals surface area contributed by atoms with Gasteiger partial charge in [-0.3, -0.25) is 28.8 Å². The van der Waals surface area contributed by atoms with Gasteiger partial charge in [0.1, 0.15) is 35.7 Å². The highest BCUT2D eigenvalue weighted by atomic mass is 32.2. The number of amides is 3. The molecule has 0 saturated heterocycles. The van der Waals surface area contributed by atoms with E-state index in [1.54, 1.807) is 0 Å². The van der Waals surface area contributed by atoms with Crippen molar-refractivity contribution >= 4 is 58.3 Å². The van der Waals surface area contributed by atoms with Crippen molar-refractivity contribution in [3.63, 3.8) is 0 Å². The largest absolute Gasteiger partial charge is 0.487 e. The van der Waals surface area contributed by atoms with E-state index in [2.05, 4.69) is 55.6 Å². The van der Waals surface area contributed by atoms with Crippen LogP contribution in [0.25, 0.3) is 10.9 Å². The summed E-state index contributed by atoms with van der Waals surface area (Å²) < 4.78 is 13.0. The molecule has 2 heterocycles. The Morgan fingerprint density at radius 2 is 1.54 bits per heavy atom. The standard InChI is InChI=1S/C53H79N5O10S/c1-32(2)14-11-15-33(3)16-12-17-34(4)18-13-25-53(8)26-23-39-37(7)48(35(5)36(6)49(39)68-53)67-47(62)28-44(51(64)55-27-24-38-29-56-42-20-10-9-19-40(38)42)69-31-43(50(63)57-30-46(60)61)58-45(59)22-21-41(54)52(65)66/h9-10,19-20,29,32-34,41,43-44,56H,11-18,21-28,30-31,54H2,1-8H3,(H,55,64)(H,57,63)(H,58,59)(H,60,61)(H,65,66)/t33?,34?,41-,43-,44?,53?/m0/s1. The van der Waals surface area contributed by atoms with E-state index in [1.165, 1.54) is 38.5 Å². The Labute approximate surface area is 413 Å². The van der Waals surface area contributed by atoms with Crippen LogP contribution in [0.3, 0.4) is 0 Å². The molecule has 1 aromatic heterocycles. The number of para-hydroxylation sites is 1. The van der Waals surface area contributed by atoms with Gasteiger partial charge in [-0.1, -0.05) is 90.8 Å². The molecule has 3 amide bonds. The molecule has 0 aliphatic carbocycles. The molecule has 15 nitrogen and oxygen atoms in total. The molecule has 69 heavy (non-hydrogen) atoms. The lowest BCUT2D eigenvalue weighted by atomic mass is 9.83. The van der Waals surface area contributed by atoms with Gasteiger partial charge in [-0.15, -0.1) is 11.8 Å². The quantitative estimate of drug-likeness (QED) is 0.0247. The van der Waals surface area contributed by atoms with Crippen molar-refractivity contribution in [2.24, 2.45) is 23.5 Å². The average molecular weight is 978 g/mol. The third kappa shape index (κ3) is 18.0. The Kier molecular flexibility index (Phi) is 22.4. The van der Waals surface area contributed by atoms with Crippen LogP contribution >= 0.6 is 11.8 Å². The molecule has 1 aliphatic rings. The smallest absolute Gasteiger partial charge is 0.322 e. The van der Waals surface area contributed by atoms with Crippen LogP contribution in [0.5, 0.6) is 11.5 Å². The Balaban J connectivity index is 1.44. The minimum Gasteiger partial charge on any atom is -0.487 e. The second kappa shape index (κ2) is 27.3. The third-order valence-electron chi connectivity index (χ3n) is 13.6. The molecule has 8 N–H and O–H groups in total. The number of nitrogens with two attached hydrogens (primary N) is 1. The number of rotatable bonds is 30. The maximum atomic E-state index is 14.0. The number of carbonyl (C=O) groups excluding carboxylic acids is 4. The number of benzene rings is 2. The molecule has 0 spiro atoms. The minimum absolute atomic E-state index is 0.213. The number of aromatic amines is 1. The number of H-pyrrole nitrogens is 1. The second-order valence-corrected chi connectivity index (χ2v) is 21.3. The molecule has 0 fully saturated rings. The van der Waals surface area contributed by atoms with E-state index < -0.39 is 65.9 Å². The van der Waals surface area contributed by atoms with Gasteiger partial charge in [-0.05, 0) is 112 Å². The average Bonchev–Trinajstić information content (AvgIpc) is 3.71. The lowest BCUT2D eigenvalue weighted by Crippen LogP contribution is -2.50. The molecular formula is C53H79N5O10S. The number of esters is 1. The van der Waals surface area contributed by atoms with Gasteiger partial charge >= 0.3 is 17.9 Å². The SMILES string of the molecule is Cc1c(C)c2c(c(C)c1OC(=O)CC(SC[C@H](NC(=O)CC[C@H](N)C(=O)O)C(=O)NCC(=O)O)C(=O)NCCc1c[nH]c3ccccc13)CCC(C)(CCCC(C)CCCC(C)CCCC(C)C)O2. The highest BCUT2D eigenvalue weighted by molar-refractivity contribution is 8.00. The molecule has 382 valence electrons. The summed E-state index contributed by atoms with van der Waals surface area (Å²) >= 11 is 0.930. The Hall–Kier alpha value is -5.09. The number of fused-ring (bicyclic) bond motifs is 2. The number of nitrogens with one attached hydrogen (secondary N) is 4. The molecule has 4 rings (SSSR count). The van der Waals surface area contributed by atoms with Crippen LogP contribution < -0.4 is 31.2 Å². The van der Waals surface area contributed by atoms with Crippen LogP contribution in [0.4, 0.5) is 0 Å². The number of thioether (sulfide) groups is 1. The summed E-state index contributed by atoms with van der Waals surface area (Å²) in [5, 5.41) is 26.0. The van der Waals surface area contributed by atoms with Gasteiger partial charge in [0.2, 0.25) is 17.7 Å². The number of carbonyl (C=O) groups is 6. The summed E-state index contributed by atoms with van der Waals surface area (Å²) in [5.74, 6) is -2.10. The topological polar surface area (TPSA) is 239 Å². The molecule has 1 aliphatic heterocycles. The highest BCUT2D eigenvalue weighted by Crippen LogP contribution is 2.45. The fourth-order valence-electron chi connectivity index (χ4n) is 9.08. The molecular weight excluding hydrogens is 899 g/mol. The van der Waals surface area contributed by atoms with Crippen LogP contribution in [0.1, 0.15) is 146 Å². The number of hydrogen-bond acceptors (Lipinski definition) is 10. The van der Waals surface area contributed by atoms with Crippen molar-refractivity contribution < 1.29 is 48.5 Å². The van der Waals surface area contributed by atoms with Crippen LogP contribution in [0, 0.1) is 38.5 Å². The molecule has 0 bridgehead atoms. The normalized spacial score (nSPS) is 16.7. The minimum atomic E-state index is -1.34. The van der Waals surface area contributed by atoms with Crippen molar-refractivity contribution in [2.45, 2.75) is 175 Å². The zero-order valence-corrected chi connectivity index (χ0v) is 43.0. The number of carboxylic acids is 2. The number of carboxylic acid groups (broad SMARTS) is 2. The first kappa shape index (κ1) is 56.5. The Morgan fingerprint density at radius 3 is 2.20 bits per heavy atom. The van der Waals surface area contributed by atoms with Gasteiger partial charge in [-0.2, -0.15) is 0 Å². The first-order valence-corrected chi connectivity index (χ1v) is 26.0. The van der Waals surface area contributed by atoms with Crippen LogP contribution in [0.2, 0.25) is 0 Å². The predicted octanol–water partition coefficient (Wildman–Crippen LogP) is 8.25. The van der Waals surface area contributed by atoms with Crippen LogP contribution in [-0.2, 0) is 41.6 Å². The zero-order chi connectivity index (χ0) is 50.8. The van der Waals surface area contributed by atoms with Gasteiger partial charge < -0.3 is 46.4 Å². The van der Waals surface area contributed by atoms with Crippen molar-refractivity contribution in [1.82, 2.24) is 20.9 Å². The van der Waals surface area contributed by atoms with E-state index in [-0.39, 0.29) is 30.7 Å². The number of ether oxygens (including phenoxy) is 2. The van der Waals surface area contributed by atoms with Crippen molar-refractivity contribution in [1.29, 1.82) is 0 Å². The predicted molar refractivity (Wildman–Crippen MR) is 272 cm³/mol. The summed E-state index contributed by atoms with van der Waals surface area (Å²) in [6, 6.07) is 5.13. The fourth-order valence-corrected chi connectivity index (χ4v) is 10.2. The zero-order valence-electron chi connectivity index (χ0n) is 42.2.